The fourth-order valence-electron chi connectivity index (χ4n) is 2.56. The predicted molar refractivity (Wildman–Crippen MR) is 84.0 cm³/mol. The van der Waals surface area contributed by atoms with E-state index in [9.17, 15) is 5.11 Å². The third kappa shape index (κ3) is 2.91. The zero-order valence-electron chi connectivity index (χ0n) is 12.1. The number of hydrogen-bond acceptors (Lipinski definition) is 6. The highest BCUT2D eigenvalue weighted by Crippen LogP contribution is 2.33. The third-order valence-corrected chi connectivity index (χ3v) is 5.31. The maximum Gasteiger partial charge on any atom is 0.145 e. The van der Waals surface area contributed by atoms with Crippen LogP contribution in [0, 0.1) is 13.8 Å². The number of aliphatic hydroxyl groups excluding tert-OH is 1. The number of ether oxygens (including phenoxy) is 1. The first-order valence-electron chi connectivity index (χ1n) is 6.95. The van der Waals surface area contributed by atoms with Crippen molar-refractivity contribution in [2.24, 2.45) is 0 Å². The molecule has 0 bridgehead atoms. The van der Waals surface area contributed by atoms with Crippen LogP contribution >= 0.6 is 22.9 Å². The zero-order valence-corrected chi connectivity index (χ0v) is 13.7. The van der Waals surface area contributed by atoms with Crippen molar-refractivity contribution in [3.05, 3.63) is 21.4 Å². The third-order valence-electron chi connectivity index (χ3n) is 3.94. The van der Waals surface area contributed by atoms with Crippen LogP contribution in [0.2, 0.25) is 5.15 Å². The molecule has 3 rings (SSSR count). The quantitative estimate of drug-likeness (QED) is 0.875. The highest BCUT2D eigenvalue weighted by Gasteiger charge is 2.24. The van der Waals surface area contributed by atoms with Crippen LogP contribution in [-0.4, -0.2) is 52.4 Å². The molecule has 0 spiro atoms. The molecule has 1 N–H and O–H groups in total. The lowest BCUT2D eigenvalue weighted by Crippen LogP contribution is -2.47. The Morgan fingerprint density at radius 2 is 2.24 bits per heavy atom. The van der Waals surface area contributed by atoms with Crippen molar-refractivity contribution < 1.29 is 9.84 Å². The number of thiophene rings is 1. The lowest BCUT2D eigenvalue weighted by Gasteiger charge is -2.33. The van der Waals surface area contributed by atoms with Crippen molar-refractivity contribution in [3.63, 3.8) is 0 Å². The molecule has 0 saturated carbocycles. The largest absolute Gasteiger partial charge is 0.395 e. The molecule has 7 heteroatoms. The molecule has 1 fully saturated rings. The van der Waals surface area contributed by atoms with E-state index in [-0.39, 0.29) is 12.6 Å². The second-order valence-corrected chi connectivity index (χ2v) is 6.84. The van der Waals surface area contributed by atoms with Crippen LogP contribution in [0.5, 0.6) is 0 Å². The van der Waals surface area contributed by atoms with Gasteiger partial charge in [-0.3, -0.25) is 4.90 Å². The molecule has 21 heavy (non-hydrogen) atoms. The minimum atomic E-state index is 0.00336. The average Bonchev–Trinajstić information content (AvgIpc) is 2.75. The molecule has 5 nitrogen and oxygen atoms in total. The second-order valence-electron chi connectivity index (χ2n) is 5.28. The van der Waals surface area contributed by atoms with E-state index in [2.05, 4.69) is 21.8 Å². The van der Waals surface area contributed by atoms with Crippen molar-refractivity contribution in [2.45, 2.75) is 26.4 Å². The fourth-order valence-corrected chi connectivity index (χ4v) is 3.99. The predicted octanol–water partition coefficient (Wildman–Crippen LogP) is 2.15. The zero-order chi connectivity index (χ0) is 15.0. The van der Waals surface area contributed by atoms with Gasteiger partial charge in [0.25, 0.3) is 0 Å². The molecule has 1 aliphatic rings. The van der Waals surface area contributed by atoms with E-state index in [1.807, 2.05) is 6.92 Å². The van der Waals surface area contributed by atoms with Crippen LogP contribution < -0.4 is 0 Å². The normalized spacial score (nSPS) is 20.3. The summed E-state index contributed by atoms with van der Waals surface area (Å²) in [7, 11) is 0. The summed E-state index contributed by atoms with van der Waals surface area (Å²) in [5.41, 5.74) is 1.16. The van der Waals surface area contributed by atoms with Crippen LogP contribution in [0.25, 0.3) is 10.2 Å². The molecule has 0 aromatic carbocycles. The van der Waals surface area contributed by atoms with Gasteiger partial charge in [0.1, 0.15) is 15.8 Å². The number of nitrogens with zero attached hydrogens (tertiary/aromatic N) is 3. The smallest absolute Gasteiger partial charge is 0.145 e. The lowest BCUT2D eigenvalue weighted by atomic mass is 10.2. The number of hydrogen-bond donors (Lipinski definition) is 1. The van der Waals surface area contributed by atoms with Crippen molar-refractivity contribution in [1.82, 2.24) is 14.9 Å². The van der Waals surface area contributed by atoms with Gasteiger partial charge in [0.2, 0.25) is 0 Å². The monoisotopic (exact) mass is 327 g/mol. The van der Waals surface area contributed by atoms with Gasteiger partial charge >= 0.3 is 0 Å². The molecule has 0 radical (unpaired) electrons. The van der Waals surface area contributed by atoms with Gasteiger partial charge in [0, 0.05) is 11.4 Å². The molecule has 1 atom stereocenters. The first-order chi connectivity index (χ1) is 10.1. The summed E-state index contributed by atoms with van der Waals surface area (Å²) in [6, 6.07) is 0.00336. The van der Waals surface area contributed by atoms with Crippen LogP contribution in [0.15, 0.2) is 0 Å². The summed E-state index contributed by atoms with van der Waals surface area (Å²) in [6.07, 6.45) is 0. The van der Waals surface area contributed by atoms with Gasteiger partial charge in [-0.15, -0.1) is 11.3 Å². The summed E-state index contributed by atoms with van der Waals surface area (Å²) in [5, 5.41) is 10.9. The van der Waals surface area contributed by atoms with Gasteiger partial charge in [-0.2, -0.15) is 0 Å². The summed E-state index contributed by atoms with van der Waals surface area (Å²) in [4.78, 5) is 13.4. The number of fused-ring (bicyclic) bond motifs is 1. The van der Waals surface area contributed by atoms with Crippen LogP contribution in [0.4, 0.5) is 0 Å². The summed E-state index contributed by atoms with van der Waals surface area (Å²) in [5.74, 6) is 0.703. The van der Waals surface area contributed by atoms with Gasteiger partial charge in [-0.05, 0) is 19.4 Å². The number of rotatable bonds is 3. The molecule has 0 aliphatic carbocycles. The highest BCUT2D eigenvalue weighted by molar-refractivity contribution is 7.18. The Morgan fingerprint density at radius 3 is 3.00 bits per heavy atom. The molecular weight excluding hydrogens is 310 g/mol. The average molecular weight is 328 g/mol. The Balaban J connectivity index is 1.90. The van der Waals surface area contributed by atoms with Gasteiger partial charge in [0.05, 0.1) is 37.8 Å². The van der Waals surface area contributed by atoms with Crippen molar-refractivity contribution in [2.75, 3.05) is 26.4 Å². The van der Waals surface area contributed by atoms with Crippen LogP contribution in [0.1, 0.15) is 16.3 Å². The van der Waals surface area contributed by atoms with E-state index in [4.69, 9.17) is 16.3 Å². The Labute approximate surface area is 132 Å². The number of aromatic nitrogens is 2. The van der Waals surface area contributed by atoms with E-state index in [1.165, 1.54) is 4.88 Å². The van der Waals surface area contributed by atoms with Crippen LogP contribution in [-0.2, 0) is 11.3 Å². The summed E-state index contributed by atoms with van der Waals surface area (Å²) >= 11 is 7.98. The Bertz CT molecular complexity index is 661. The van der Waals surface area contributed by atoms with Crippen molar-refractivity contribution in [3.8, 4) is 0 Å². The van der Waals surface area contributed by atoms with E-state index < -0.39 is 0 Å². The molecule has 3 heterocycles. The first kappa shape index (κ1) is 15.1. The Kier molecular flexibility index (Phi) is 4.42. The molecule has 2 aromatic heterocycles. The molecule has 1 saturated heterocycles. The van der Waals surface area contributed by atoms with Gasteiger partial charge < -0.3 is 9.84 Å². The number of morpholine rings is 1. The molecule has 1 aliphatic heterocycles. The van der Waals surface area contributed by atoms with Crippen LogP contribution in [0.3, 0.4) is 0 Å². The number of halogens is 1. The molecule has 114 valence electrons. The molecular formula is C14H18ClN3O2S. The SMILES string of the molecule is Cc1sc2nc(CN3CCOCC3CO)nc(Cl)c2c1C. The van der Waals surface area contributed by atoms with Gasteiger partial charge in [0.15, 0.2) is 0 Å². The Morgan fingerprint density at radius 1 is 1.43 bits per heavy atom. The maximum absolute atomic E-state index is 9.42. The summed E-state index contributed by atoms with van der Waals surface area (Å²) in [6.45, 7) is 6.77. The first-order valence-corrected chi connectivity index (χ1v) is 8.14. The van der Waals surface area contributed by atoms with E-state index >= 15 is 0 Å². The molecule has 2 aromatic rings. The molecule has 1 unspecified atom stereocenters. The van der Waals surface area contributed by atoms with Gasteiger partial charge in [-0.1, -0.05) is 11.6 Å². The Hall–Kier alpha value is -0.790. The number of aliphatic hydroxyl groups is 1. The lowest BCUT2D eigenvalue weighted by molar-refractivity contribution is -0.0322. The minimum Gasteiger partial charge on any atom is -0.395 e. The standard InChI is InChI=1S/C14H18ClN3O2S/c1-8-9(2)21-14-12(8)13(15)16-11(17-14)5-18-3-4-20-7-10(18)6-19/h10,19H,3-7H2,1-2H3. The van der Waals surface area contributed by atoms with E-state index in [1.54, 1.807) is 11.3 Å². The second kappa shape index (κ2) is 6.14. The van der Waals surface area contributed by atoms with Crippen molar-refractivity contribution in [1.29, 1.82) is 0 Å². The van der Waals surface area contributed by atoms with E-state index in [0.717, 1.165) is 22.3 Å². The highest BCUT2D eigenvalue weighted by atomic mass is 35.5. The molecule has 0 amide bonds. The van der Waals surface area contributed by atoms with Crippen molar-refractivity contribution >= 4 is 33.2 Å². The summed E-state index contributed by atoms with van der Waals surface area (Å²) < 4.78 is 5.39. The number of aryl methyl sites for hydroxylation is 2. The van der Waals surface area contributed by atoms with Gasteiger partial charge in [-0.25, -0.2) is 9.97 Å². The fraction of sp³-hybridized carbons (Fsp3) is 0.571. The topological polar surface area (TPSA) is 58.5 Å². The maximum atomic E-state index is 9.42. The van der Waals surface area contributed by atoms with E-state index in [0.29, 0.717) is 30.7 Å². The minimum absolute atomic E-state index is 0.00336.